The molecule has 1 N–H and O–H groups in total. The predicted molar refractivity (Wildman–Crippen MR) is 94.1 cm³/mol. The second-order valence-corrected chi connectivity index (χ2v) is 5.29. The van der Waals surface area contributed by atoms with Crippen LogP contribution in [0.3, 0.4) is 0 Å². The van der Waals surface area contributed by atoms with Crippen molar-refractivity contribution in [3.8, 4) is 11.1 Å². The van der Waals surface area contributed by atoms with Gasteiger partial charge >= 0.3 is 0 Å². The van der Waals surface area contributed by atoms with Crippen molar-refractivity contribution in [3.05, 3.63) is 96.2 Å². The number of H-pyrrole nitrogens is 1. The first-order chi connectivity index (χ1) is 11.4. The van der Waals surface area contributed by atoms with Crippen molar-refractivity contribution >= 4 is 11.8 Å². The Balaban J connectivity index is 1.78. The van der Waals surface area contributed by atoms with Gasteiger partial charge in [-0.05, 0) is 53.1 Å². The number of pyridine rings is 1. The summed E-state index contributed by atoms with van der Waals surface area (Å²) < 4.78 is 0. The van der Waals surface area contributed by atoms with Gasteiger partial charge in [-0.2, -0.15) is 0 Å². The molecule has 2 aromatic heterocycles. The average Bonchev–Trinajstić information content (AvgIpc) is 3.31. The Hall–Kier alpha value is -3.20. The van der Waals surface area contributed by atoms with Crippen LogP contribution in [0.2, 0.25) is 0 Å². The Morgan fingerprint density at radius 3 is 2.30 bits per heavy atom. The quantitative estimate of drug-likeness (QED) is 0.761. The zero-order chi connectivity index (χ0) is 15.5. The monoisotopic (exact) mass is 297 g/mol. The van der Waals surface area contributed by atoms with Crippen LogP contribution in [-0.2, 0) is 0 Å². The molecule has 0 unspecified atom stereocenters. The normalized spacial score (nSPS) is 15.1. The lowest BCUT2D eigenvalue weighted by molar-refractivity contribution is 1.31. The SMILES string of the molecule is C1=C/C(=C(\c2ccc(-c3ccncc3)cc2)c2ccc[nH]2)N=C1. The van der Waals surface area contributed by atoms with E-state index in [1.165, 1.54) is 11.1 Å². The maximum atomic E-state index is 4.46. The van der Waals surface area contributed by atoms with Crippen LogP contribution in [0.5, 0.6) is 0 Å². The van der Waals surface area contributed by atoms with E-state index in [0.29, 0.717) is 0 Å². The van der Waals surface area contributed by atoms with Crippen molar-refractivity contribution in [1.29, 1.82) is 0 Å². The summed E-state index contributed by atoms with van der Waals surface area (Å²) in [7, 11) is 0. The Morgan fingerprint density at radius 2 is 1.65 bits per heavy atom. The zero-order valence-corrected chi connectivity index (χ0v) is 12.5. The molecule has 0 bridgehead atoms. The number of aromatic amines is 1. The highest BCUT2D eigenvalue weighted by Crippen LogP contribution is 2.30. The molecule has 110 valence electrons. The zero-order valence-electron chi connectivity index (χ0n) is 12.5. The highest BCUT2D eigenvalue weighted by atomic mass is 14.8. The summed E-state index contributed by atoms with van der Waals surface area (Å²) in [4.78, 5) is 11.8. The molecule has 23 heavy (non-hydrogen) atoms. The minimum absolute atomic E-state index is 0.976. The number of aliphatic imine (C=N–C) groups is 1. The fourth-order valence-electron chi connectivity index (χ4n) is 2.75. The maximum Gasteiger partial charge on any atom is 0.0729 e. The molecule has 3 aromatic rings. The number of nitrogens with zero attached hydrogens (tertiary/aromatic N) is 2. The molecule has 3 nitrogen and oxygen atoms in total. The first-order valence-electron chi connectivity index (χ1n) is 7.51. The van der Waals surface area contributed by atoms with Gasteiger partial charge in [-0.15, -0.1) is 0 Å². The standard InChI is InChI=1S/C20H15N3/c1-3-18(22-11-1)20(19-4-2-12-23-19)17-7-5-15(6-8-17)16-9-13-21-14-10-16/h1-14,22H/b20-19-. The molecule has 3 heteroatoms. The van der Waals surface area contributed by atoms with E-state index >= 15 is 0 Å². The van der Waals surface area contributed by atoms with E-state index in [4.69, 9.17) is 0 Å². The van der Waals surface area contributed by atoms with Crippen LogP contribution in [0.1, 0.15) is 11.3 Å². The molecule has 4 rings (SSSR count). The topological polar surface area (TPSA) is 41.0 Å². The number of benzene rings is 1. The highest BCUT2D eigenvalue weighted by Gasteiger charge is 2.12. The summed E-state index contributed by atoms with van der Waals surface area (Å²) in [5.74, 6) is 0. The van der Waals surface area contributed by atoms with Gasteiger partial charge in [0.05, 0.1) is 5.70 Å². The van der Waals surface area contributed by atoms with Gasteiger partial charge < -0.3 is 4.98 Å². The first-order valence-corrected chi connectivity index (χ1v) is 7.51. The van der Waals surface area contributed by atoms with Crippen molar-refractivity contribution in [2.45, 2.75) is 0 Å². The first kappa shape index (κ1) is 13.5. The van der Waals surface area contributed by atoms with E-state index in [2.05, 4.69) is 45.3 Å². The lowest BCUT2D eigenvalue weighted by Gasteiger charge is -2.09. The van der Waals surface area contributed by atoms with Gasteiger partial charge in [0, 0.05) is 36.1 Å². The number of nitrogens with one attached hydrogen (secondary N) is 1. The third-order valence-corrected chi connectivity index (χ3v) is 3.86. The molecule has 1 aliphatic rings. The Morgan fingerprint density at radius 1 is 0.870 bits per heavy atom. The van der Waals surface area contributed by atoms with Crippen molar-refractivity contribution in [3.63, 3.8) is 0 Å². The fourth-order valence-corrected chi connectivity index (χ4v) is 2.75. The summed E-state index contributed by atoms with van der Waals surface area (Å²) in [6, 6.07) is 16.7. The summed E-state index contributed by atoms with van der Waals surface area (Å²) in [5, 5.41) is 0. The largest absolute Gasteiger partial charge is 0.361 e. The van der Waals surface area contributed by atoms with E-state index in [1.807, 2.05) is 55.2 Å². The van der Waals surface area contributed by atoms with Crippen molar-refractivity contribution < 1.29 is 0 Å². The lowest BCUT2D eigenvalue weighted by Crippen LogP contribution is -1.92. The summed E-state index contributed by atoms with van der Waals surface area (Å²) in [6.07, 6.45) is 11.4. The number of hydrogen-bond donors (Lipinski definition) is 1. The maximum absolute atomic E-state index is 4.46. The van der Waals surface area contributed by atoms with Gasteiger partial charge in [-0.25, -0.2) is 0 Å². The van der Waals surface area contributed by atoms with Crippen molar-refractivity contribution in [1.82, 2.24) is 9.97 Å². The molecule has 0 atom stereocenters. The fraction of sp³-hybridized carbons (Fsp3) is 0. The van der Waals surface area contributed by atoms with Gasteiger partial charge in [-0.3, -0.25) is 9.98 Å². The minimum atomic E-state index is 0.976. The van der Waals surface area contributed by atoms with Crippen LogP contribution in [0.4, 0.5) is 0 Å². The van der Waals surface area contributed by atoms with Gasteiger partial charge in [0.1, 0.15) is 0 Å². The van der Waals surface area contributed by atoms with E-state index in [9.17, 15) is 0 Å². The van der Waals surface area contributed by atoms with E-state index in [0.717, 1.165) is 22.5 Å². The van der Waals surface area contributed by atoms with E-state index < -0.39 is 0 Å². The smallest absolute Gasteiger partial charge is 0.0729 e. The Bertz CT molecular complexity index is 870. The predicted octanol–water partition coefficient (Wildman–Crippen LogP) is 4.48. The van der Waals surface area contributed by atoms with Crippen LogP contribution >= 0.6 is 0 Å². The van der Waals surface area contributed by atoms with Crippen molar-refractivity contribution in [2.75, 3.05) is 0 Å². The summed E-state index contributed by atoms with van der Waals surface area (Å²) in [6.45, 7) is 0. The third-order valence-electron chi connectivity index (χ3n) is 3.86. The Kier molecular flexibility index (Phi) is 3.45. The van der Waals surface area contributed by atoms with Gasteiger partial charge in [0.25, 0.3) is 0 Å². The summed E-state index contributed by atoms with van der Waals surface area (Å²) in [5.41, 5.74) is 6.64. The van der Waals surface area contributed by atoms with E-state index in [1.54, 1.807) is 0 Å². The summed E-state index contributed by atoms with van der Waals surface area (Å²) >= 11 is 0. The molecule has 1 aliphatic heterocycles. The molecule has 0 saturated carbocycles. The second-order valence-electron chi connectivity index (χ2n) is 5.29. The Labute approximate surface area is 134 Å². The molecular weight excluding hydrogens is 282 g/mol. The average molecular weight is 297 g/mol. The molecule has 0 saturated heterocycles. The molecule has 0 radical (unpaired) electrons. The number of rotatable bonds is 3. The molecule has 1 aromatic carbocycles. The highest BCUT2D eigenvalue weighted by molar-refractivity contribution is 5.88. The second kappa shape index (κ2) is 5.89. The van der Waals surface area contributed by atoms with Gasteiger partial charge in [0.2, 0.25) is 0 Å². The van der Waals surface area contributed by atoms with Crippen LogP contribution < -0.4 is 0 Å². The lowest BCUT2D eigenvalue weighted by atomic mass is 9.97. The van der Waals surface area contributed by atoms with Crippen molar-refractivity contribution in [2.24, 2.45) is 4.99 Å². The van der Waals surface area contributed by atoms with Gasteiger partial charge in [0.15, 0.2) is 0 Å². The third kappa shape index (κ3) is 2.64. The van der Waals surface area contributed by atoms with Crippen LogP contribution in [0.15, 0.2) is 90.0 Å². The van der Waals surface area contributed by atoms with E-state index in [-0.39, 0.29) is 0 Å². The molecule has 0 spiro atoms. The van der Waals surface area contributed by atoms with Crippen LogP contribution in [0.25, 0.3) is 16.7 Å². The number of hydrogen-bond acceptors (Lipinski definition) is 2. The van der Waals surface area contributed by atoms with Crippen LogP contribution in [0, 0.1) is 0 Å². The number of aromatic nitrogens is 2. The molecule has 0 aliphatic carbocycles. The molecular formula is C20H15N3. The van der Waals surface area contributed by atoms with Gasteiger partial charge in [-0.1, -0.05) is 24.3 Å². The molecule has 0 amide bonds. The van der Waals surface area contributed by atoms with Crippen LogP contribution in [-0.4, -0.2) is 16.2 Å². The molecule has 0 fully saturated rings. The number of allylic oxidation sites excluding steroid dienone is 2. The molecule has 3 heterocycles. The minimum Gasteiger partial charge on any atom is -0.361 e.